The molecule has 0 saturated heterocycles. The highest BCUT2D eigenvalue weighted by atomic mass is 16.5. The maximum absolute atomic E-state index is 11.6. The van der Waals surface area contributed by atoms with E-state index in [9.17, 15) is 9.59 Å². The molecule has 1 unspecified atom stereocenters. The minimum absolute atomic E-state index is 0.264. The van der Waals surface area contributed by atoms with Gasteiger partial charge in [-0.2, -0.15) is 0 Å². The lowest BCUT2D eigenvalue weighted by Gasteiger charge is -2.13. The van der Waals surface area contributed by atoms with Gasteiger partial charge >= 0.3 is 5.97 Å². The molecule has 5 nitrogen and oxygen atoms in total. The number of aryl methyl sites for hydroxylation is 1. The Morgan fingerprint density at radius 2 is 2.00 bits per heavy atom. The molecule has 1 atom stereocenters. The number of esters is 1. The number of carbonyl (C=O) groups is 2. The Kier molecular flexibility index (Phi) is 6.60. The van der Waals surface area contributed by atoms with Crippen molar-refractivity contribution in [2.75, 3.05) is 13.7 Å². The SMILES string of the molecule is COC(=O)C(CO)NC(=O)CCCc1ccccc1. The molecule has 0 heterocycles. The molecule has 0 aliphatic carbocycles. The number of nitrogens with one attached hydrogen (secondary N) is 1. The molecule has 104 valence electrons. The Morgan fingerprint density at radius 3 is 2.58 bits per heavy atom. The number of methoxy groups -OCH3 is 1. The Balaban J connectivity index is 2.29. The fourth-order valence-electron chi connectivity index (χ4n) is 1.69. The van der Waals surface area contributed by atoms with Crippen molar-refractivity contribution in [3.63, 3.8) is 0 Å². The molecular weight excluding hydrogens is 246 g/mol. The number of aliphatic hydroxyl groups excluding tert-OH is 1. The fraction of sp³-hybridized carbons (Fsp3) is 0.429. The summed E-state index contributed by atoms with van der Waals surface area (Å²) in [6, 6.07) is 8.88. The molecule has 0 aliphatic rings. The fourth-order valence-corrected chi connectivity index (χ4v) is 1.69. The molecule has 1 aromatic rings. The van der Waals surface area contributed by atoms with Crippen LogP contribution in [0.1, 0.15) is 18.4 Å². The van der Waals surface area contributed by atoms with Crippen LogP contribution in [0.15, 0.2) is 30.3 Å². The van der Waals surface area contributed by atoms with E-state index in [4.69, 9.17) is 5.11 Å². The second-order valence-corrected chi connectivity index (χ2v) is 4.16. The monoisotopic (exact) mass is 265 g/mol. The van der Waals surface area contributed by atoms with E-state index in [1.54, 1.807) is 0 Å². The van der Waals surface area contributed by atoms with Gasteiger partial charge in [0.2, 0.25) is 5.91 Å². The predicted molar refractivity (Wildman–Crippen MR) is 70.4 cm³/mol. The van der Waals surface area contributed by atoms with Crippen molar-refractivity contribution in [3.8, 4) is 0 Å². The molecule has 1 rings (SSSR count). The summed E-state index contributed by atoms with van der Waals surface area (Å²) in [7, 11) is 1.21. The molecule has 2 N–H and O–H groups in total. The van der Waals surface area contributed by atoms with Crippen LogP contribution >= 0.6 is 0 Å². The third-order valence-corrected chi connectivity index (χ3v) is 2.72. The van der Waals surface area contributed by atoms with Gasteiger partial charge in [-0.1, -0.05) is 30.3 Å². The number of amides is 1. The van der Waals surface area contributed by atoms with E-state index in [0.717, 1.165) is 6.42 Å². The number of hydrogen-bond donors (Lipinski definition) is 2. The zero-order chi connectivity index (χ0) is 14.1. The number of aliphatic hydroxyl groups is 1. The number of benzene rings is 1. The molecule has 0 radical (unpaired) electrons. The summed E-state index contributed by atoms with van der Waals surface area (Å²) in [5.74, 6) is -0.903. The molecule has 1 aromatic carbocycles. The number of carbonyl (C=O) groups excluding carboxylic acids is 2. The lowest BCUT2D eigenvalue weighted by molar-refractivity contribution is -0.146. The summed E-state index contributed by atoms with van der Waals surface area (Å²) in [6.07, 6.45) is 1.80. The van der Waals surface area contributed by atoms with Crippen molar-refractivity contribution in [2.24, 2.45) is 0 Å². The largest absolute Gasteiger partial charge is 0.467 e. The van der Waals surface area contributed by atoms with Gasteiger partial charge in [0.05, 0.1) is 13.7 Å². The smallest absolute Gasteiger partial charge is 0.330 e. The third kappa shape index (κ3) is 5.52. The second-order valence-electron chi connectivity index (χ2n) is 4.16. The van der Waals surface area contributed by atoms with E-state index in [2.05, 4.69) is 10.1 Å². The molecule has 0 spiro atoms. The van der Waals surface area contributed by atoms with Gasteiger partial charge in [0.25, 0.3) is 0 Å². The van der Waals surface area contributed by atoms with Gasteiger partial charge in [0.1, 0.15) is 0 Å². The zero-order valence-corrected chi connectivity index (χ0v) is 11.0. The molecule has 0 aromatic heterocycles. The van der Waals surface area contributed by atoms with Crippen LogP contribution in [-0.4, -0.2) is 36.7 Å². The zero-order valence-electron chi connectivity index (χ0n) is 11.0. The maximum atomic E-state index is 11.6. The highest BCUT2D eigenvalue weighted by Gasteiger charge is 2.19. The van der Waals surface area contributed by atoms with Gasteiger partial charge in [-0.05, 0) is 18.4 Å². The van der Waals surface area contributed by atoms with Gasteiger partial charge in [-0.25, -0.2) is 4.79 Å². The van der Waals surface area contributed by atoms with Gasteiger partial charge in [-0.3, -0.25) is 4.79 Å². The van der Waals surface area contributed by atoms with E-state index in [-0.39, 0.29) is 5.91 Å². The first kappa shape index (κ1) is 15.2. The van der Waals surface area contributed by atoms with E-state index >= 15 is 0 Å². The van der Waals surface area contributed by atoms with E-state index in [1.807, 2.05) is 30.3 Å². The van der Waals surface area contributed by atoms with Crippen molar-refractivity contribution in [1.29, 1.82) is 0 Å². The topological polar surface area (TPSA) is 75.6 Å². The summed E-state index contributed by atoms with van der Waals surface area (Å²) < 4.78 is 4.46. The van der Waals surface area contributed by atoms with E-state index < -0.39 is 18.6 Å². The quantitative estimate of drug-likeness (QED) is 0.710. The minimum atomic E-state index is -0.978. The van der Waals surface area contributed by atoms with Crippen LogP contribution in [0.2, 0.25) is 0 Å². The minimum Gasteiger partial charge on any atom is -0.467 e. The van der Waals surface area contributed by atoms with Crippen LogP contribution in [0.5, 0.6) is 0 Å². The van der Waals surface area contributed by atoms with Crippen molar-refractivity contribution in [1.82, 2.24) is 5.32 Å². The van der Waals surface area contributed by atoms with Crippen molar-refractivity contribution < 1.29 is 19.4 Å². The molecular formula is C14H19NO4. The van der Waals surface area contributed by atoms with Crippen molar-refractivity contribution in [2.45, 2.75) is 25.3 Å². The first-order valence-corrected chi connectivity index (χ1v) is 6.19. The van der Waals surface area contributed by atoms with Gasteiger partial charge in [-0.15, -0.1) is 0 Å². The summed E-state index contributed by atoms with van der Waals surface area (Å²) in [4.78, 5) is 22.8. The Bertz CT molecular complexity index is 405. The number of hydrogen-bond acceptors (Lipinski definition) is 4. The molecule has 0 bridgehead atoms. The Morgan fingerprint density at radius 1 is 1.32 bits per heavy atom. The standard InChI is InChI=1S/C14H19NO4/c1-19-14(18)12(10-16)15-13(17)9-5-8-11-6-3-2-4-7-11/h2-4,6-7,12,16H,5,8-10H2,1H3,(H,15,17). The molecule has 0 fully saturated rings. The third-order valence-electron chi connectivity index (χ3n) is 2.72. The van der Waals surface area contributed by atoms with Crippen LogP contribution in [-0.2, 0) is 20.7 Å². The van der Waals surface area contributed by atoms with Crippen LogP contribution in [0.25, 0.3) is 0 Å². The van der Waals surface area contributed by atoms with Crippen LogP contribution in [0.3, 0.4) is 0 Å². The first-order chi connectivity index (χ1) is 9.17. The summed E-state index contributed by atoms with van der Waals surface area (Å²) in [5.41, 5.74) is 1.17. The highest BCUT2D eigenvalue weighted by Crippen LogP contribution is 2.04. The molecule has 19 heavy (non-hydrogen) atoms. The van der Waals surface area contributed by atoms with Crippen LogP contribution < -0.4 is 5.32 Å². The predicted octanol–water partition coefficient (Wildman–Crippen LogP) is 0.659. The van der Waals surface area contributed by atoms with E-state index in [1.165, 1.54) is 12.7 Å². The molecule has 5 heteroatoms. The average Bonchev–Trinajstić information content (AvgIpc) is 2.45. The number of ether oxygens (including phenoxy) is 1. The second kappa shape index (κ2) is 8.26. The maximum Gasteiger partial charge on any atom is 0.330 e. The Labute approximate surface area is 112 Å². The lowest BCUT2D eigenvalue weighted by Crippen LogP contribution is -2.43. The van der Waals surface area contributed by atoms with Crippen LogP contribution in [0, 0.1) is 0 Å². The van der Waals surface area contributed by atoms with Gasteiger partial charge < -0.3 is 15.2 Å². The first-order valence-electron chi connectivity index (χ1n) is 6.19. The van der Waals surface area contributed by atoms with E-state index in [0.29, 0.717) is 12.8 Å². The average molecular weight is 265 g/mol. The lowest BCUT2D eigenvalue weighted by atomic mass is 10.1. The highest BCUT2D eigenvalue weighted by molar-refractivity contribution is 5.84. The van der Waals surface area contributed by atoms with Crippen molar-refractivity contribution >= 4 is 11.9 Å². The molecule has 0 aliphatic heterocycles. The van der Waals surface area contributed by atoms with Gasteiger partial charge in [0, 0.05) is 6.42 Å². The van der Waals surface area contributed by atoms with Crippen molar-refractivity contribution in [3.05, 3.63) is 35.9 Å². The van der Waals surface area contributed by atoms with Crippen LogP contribution in [0.4, 0.5) is 0 Å². The molecule has 1 amide bonds. The summed E-state index contributed by atoms with van der Waals surface area (Å²) >= 11 is 0. The molecule has 0 saturated carbocycles. The normalized spacial score (nSPS) is 11.7. The summed E-state index contributed by atoms with van der Waals surface area (Å²) in [6.45, 7) is -0.461. The van der Waals surface area contributed by atoms with Gasteiger partial charge in [0.15, 0.2) is 6.04 Å². The number of rotatable bonds is 7. The summed E-state index contributed by atoms with van der Waals surface area (Å²) in [5, 5.41) is 11.4. The Hall–Kier alpha value is -1.88.